The van der Waals surface area contributed by atoms with Crippen molar-refractivity contribution in [2.45, 2.75) is 39.8 Å². The van der Waals surface area contributed by atoms with E-state index in [9.17, 15) is 9.59 Å². The summed E-state index contributed by atoms with van der Waals surface area (Å²) in [6, 6.07) is 14.1. The Hall–Kier alpha value is -2.82. The van der Waals surface area contributed by atoms with Gasteiger partial charge in [-0.05, 0) is 45.0 Å². The summed E-state index contributed by atoms with van der Waals surface area (Å²) in [6.07, 6.45) is 0. The van der Waals surface area contributed by atoms with Gasteiger partial charge in [-0.25, -0.2) is 0 Å². The lowest BCUT2D eigenvalue weighted by Gasteiger charge is -2.23. The van der Waals surface area contributed by atoms with Crippen molar-refractivity contribution in [3.05, 3.63) is 42.5 Å². The zero-order valence-corrected chi connectivity index (χ0v) is 14.9. The molecule has 25 heavy (non-hydrogen) atoms. The highest BCUT2D eigenvalue weighted by atomic mass is 16.6. The van der Waals surface area contributed by atoms with Crippen molar-refractivity contribution in [2.75, 3.05) is 5.32 Å². The van der Waals surface area contributed by atoms with Gasteiger partial charge < -0.3 is 14.6 Å². The molecule has 0 unspecified atom stereocenters. The van der Waals surface area contributed by atoms with Crippen LogP contribution in [0.3, 0.4) is 0 Å². The number of aryl methyl sites for hydroxylation is 1. The predicted octanol–water partition coefficient (Wildman–Crippen LogP) is 4.09. The average Bonchev–Trinajstić information content (AvgIpc) is 2.87. The highest BCUT2D eigenvalue weighted by molar-refractivity contribution is 6.10. The second-order valence-electron chi connectivity index (χ2n) is 6.55. The van der Waals surface area contributed by atoms with Crippen LogP contribution in [-0.2, 0) is 20.9 Å². The van der Waals surface area contributed by atoms with Gasteiger partial charge in [-0.2, -0.15) is 0 Å². The molecule has 1 heterocycles. The smallest absolute Gasteiger partial charge is 0.303 e. The van der Waals surface area contributed by atoms with Crippen LogP contribution in [0.15, 0.2) is 42.5 Å². The van der Waals surface area contributed by atoms with Crippen molar-refractivity contribution in [2.24, 2.45) is 0 Å². The second kappa shape index (κ2) is 6.24. The van der Waals surface area contributed by atoms with Gasteiger partial charge in [0.1, 0.15) is 0 Å². The summed E-state index contributed by atoms with van der Waals surface area (Å²) >= 11 is 0. The number of para-hydroxylation sites is 1. The number of hydrogen-bond acceptors (Lipinski definition) is 3. The number of esters is 1. The number of nitrogens with zero attached hydrogens (tertiary/aromatic N) is 1. The summed E-state index contributed by atoms with van der Waals surface area (Å²) in [6.45, 7) is 7.43. The van der Waals surface area contributed by atoms with Gasteiger partial charge in [-0.1, -0.05) is 18.2 Å². The molecule has 1 N–H and O–H groups in total. The van der Waals surface area contributed by atoms with Crippen LogP contribution >= 0.6 is 0 Å². The molecular weight excluding hydrogens is 316 g/mol. The monoisotopic (exact) mass is 338 g/mol. The summed E-state index contributed by atoms with van der Waals surface area (Å²) in [5.74, 6) is -0.845. The topological polar surface area (TPSA) is 60.3 Å². The first-order valence-corrected chi connectivity index (χ1v) is 8.35. The van der Waals surface area contributed by atoms with Crippen LogP contribution in [0.2, 0.25) is 0 Å². The standard InChI is InChI=1S/C20H22N2O3/c1-5-22-17-9-7-6-8-15(17)16-12-14(10-11-18(16)22)21-19(24)20(3,4)25-13(2)23/h6-12H,5H2,1-4H3,(H,21,24). The van der Waals surface area contributed by atoms with Crippen LogP contribution in [0, 0.1) is 0 Å². The number of nitrogens with one attached hydrogen (secondary N) is 1. The minimum atomic E-state index is -1.22. The van der Waals surface area contributed by atoms with Crippen LogP contribution in [-0.4, -0.2) is 22.0 Å². The molecule has 0 aliphatic carbocycles. The molecule has 0 bridgehead atoms. The normalized spacial score (nSPS) is 11.7. The fourth-order valence-electron chi connectivity index (χ4n) is 3.16. The largest absolute Gasteiger partial charge is 0.450 e. The molecule has 0 aliphatic rings. The van der Waals surface area contributed by atoms with Crippen LogP contribution in [0.1, 0.15) is 27.7 Å². The Morgan fingerprint density at radius 1 is 1.08 bits per heavy atom. The summed E-state index contributed by atoms with van der Waals surface area (Å²) < 4.78 is 7.34. The van der Waals surface area contributed by atoms with E-state index in [-0.39, 0.29) is 5.91 Å². The minimum absolute atomic E-state index is 0.360. The predicted molar refractivity (Wildman–Crippen MR) is 99.6 cm³/mol. The highest BCUT2D eigenvalue weighted by Gasteiger charge is 2.31. The number of ether oxygens (including phenoxy) is 1. The molecule has 0 saturated heterocycles. The van der Waals surface area contributed by atoms with Gasteiger partial charge in [0.2, 0.25) is 0 Å². The number of carbonyl (C=O) groups is 2. The molecule has 1 aromatic heterocycles. The molecule has 1 amide bonds. The molecule has 0 radical (unpaired) electrons. The molecule has 0 atom stereocenters. The van der Waals surface area contributed by atoms with E-state index in [1.807, 2.05) is 30.3 Å². The van der Waals surface area contributed by atoms with E-state index in [1.165, 1.54) is 12.4 Å². The third kappa shape index (κ3) is 3.09. The third-order valence-corrected chi connectivity index (χ3v) is 4.29. The van der Waals surface area contributed by atoms with Crippen molar-refractivity contribution < 1.29 is 14.3 Å². The minimum Gasteiger partial charge on any atom is -0.450 e. The highest BCUT2D eigenvalue weighted by Crippen LogP contribution is 2.31. The van der Waals surface area contributed by atoms with Crippen molar-refractivity contribution >= 4 is 39.4 Å². The molecule has 0 aliphatic heterocycles. The number of fused-ring (bicyclic) bond motifs is 3. The van der Waals surface area contributed by atoms with Crippen molar-refractivity contribution in [1.29, 1.82) is 0 Å². The zero-order valence-electron chi connectivity index (χ0n) is 14.9. The fraction of sp³-hybridized carbons (Fsp3) is 0.300. The van der Waals surface area contributed by atoms with E-state index in [0.717, 1.165) is 22.8 Å². The van der Waals surface area contributed by atoms with E-state index in [4.69, 9.17) is 4.74 Å². The van der Waals surface area contributed by atoms with Gasteiger partial charge in [0.05, 0.1) is 0 Å². The maximum atomic E-state index is 12.4. The van der Waals surface area contributed by atoms with Crippen molar-refractivity contribution in [3.8, 4) is 0 Å². The Bertz CT molecular complexity index is 970. The van der Waals surface area contributed by atoms with E-state index >= 15 is 0 Å². The number of anilines is 1. The summed E-state index contributed by atoms with van der Waals surface area (Å²) in [5, 5.41) is 5.08. The SMILES string of the molecule is CCn1c2ccccc2c2cc(NC(=O)C(C)(C)OC(C)=O)ccc21. The number of carbonyl (C=O) groups excluding carboxylic acids is 2. The summed E-state index contributed by atoms with van der Waals surface area (Å²) in [4.78, 5) is 23.6. The van der Waals surface area contributed by atoms with E-state index in [2.05, 4.69) is 28.9 Å². The number of amides is 1. The lowest BCUT2D eigenvalue weighted by atomic mass is 10.1. The van der Waals surface area contributed by atoms with Crippen LogP contribution < -0.4 is 5.32 Å². The Morgan fingerprint density at radius 2 is 1.76 bits per heavy atom. The molecule has 2 aromatic carbocycles. The summed E-state index contributed by atoms with van der Waals surface area (Å²) in [7, 11) is 0. The van der Waals surface area contributed by atoms with Gasteiger partial charge in [-0.3, -0.25) is 9.59 Å². The second-order valence-corrected chi connectivity index (χ2v) is 6.55. The first-order valence-electron chi connectivity index (χ1n) is 8.35. The Morgan fingerprint density at radius 3 is 2.44 bits per heavy atom. The number of rotatable bonds is 4. The Kier molecular flexibility index (Phi) is 4.25. The molecule has 3 aromatic rings. The van der Waals surface area contributed by atoms with Crippen LogP contribution in [0.4, 0.5) is 5.69 Å². The van der Waals surface area contributed by atoms with E-state index < -0.39 is 11.6 Å². The molecule has 0 saturated carbocycles. The van der Waals surface area contributed by atoms with Gasteiger partial charge in [0.15, 0.2) is 5.60 Å². The van der Waals surface area contributed by atoms with Gasteiger partial charge >= 0.3 is 5.97 Å². The van der Waals surface area contributed by atoms with E-state index in [0.29, 0.717) is 5.69 Å². The molecular formula is C20H22N2O3. The first-order chi connectivity index (χ1) is 11.8. The average molecular weight is 338 g/mol. The molecule has 130 valence electrons. The molecule has 0 spiro atoms. The molecule has 5 heteroatoms. The quantitative estimate of drug-likeness (QED) is 0.729. The maximum Gasteiger partial charge on any atom is 0.303 e. The van der Waals surface area contributed by atoms with Crippen LogP contribution in [0.5, 0.6) is 0 Å². The summed E-state index contributed by atoms with van der Waals surface area (Å²) in [5.41, 5.74) is 1.75. The van der Waals surface area contributed by atoms with E-state index in [1.54, 1.807) is 13.8 Å². The number of hydrogen-bond donors (Lipinski definition) is 1. The van der Waals surface area contributed by atoms with Crippen molar-refractivity contribution in [3.63, 3.8) is 0 Å². The Balaban J connectivity index is 2.01. The Labute approximate surface area is 146 Å². The maximum absolute atomic E-state index is 12.4. The third-order valence-electron chi connectivity index (χ3n) is 4.29. The van der Waals surface area contributed by atoms with Crippen molar-refractivity contribution in [1.82, 2.24) is 4.57 Å². The van der Waals surface area contributed by atoms with Gasteiger partial charge in [0.25, 0.3) is 5.91 Å². The van der Waals surface area contributed by atoms with Crippen LogP contribution in [0.25, 0.3) is 21.8 Å². The molecule has 0 fully saturated rings. The number of benzene rings is 2. The molecule has 5 nitrogen and oxygen atoms in total. The fourth-order valence-corrected chi connectivity index (χ4v) is 3.16. The lowest BCUT2D eigenvalue weighted by Crippen LogP contribution is -2.41. The number of aromatic nitrogens is 1. The zero-order chi connectivity index (χ0) is 18.2. The molecule has 3 rings (SSSR count). The first kappa shape index (κ1) is 17.0. The van der Waals surface area contributed by atoms with Gasteiger partial charge in [0, 0.05) is 41.0 Å². The van der Waals surface area contributed by atoms with Gasteiger partial charge in [-0.15, -0.1) is 0 Å². The lowest BCUT2D eigenvalue weighted by molar-refractivity contribution is -0.160.